The molecule has 2 radical (unpaired) electrons. The maximum absolute atomic E-state index is 7.50. The summed E-state index contributed by atoms with van der Waals surface area (Å²) in [5.41, 5.74) is 14.5. The zero-order valence-electron chi connectivity index (χ0n) is 38.2. The molecule has 3 aromatic heterocycles. The number of nitrogens with zero attached hydrogens (tertiary/aromatic N) is 2. The van der Waals surface area contributed by atoms with Crippen LogP contribution in [0.4, 0.5) is 0 Å². The summed E-state index contributed by atoms with van der Waals surface area (Å²) in [6.07, 6.45) is 13.4. The van der Waals surface area contributed by atoms with Crippen LogP contribution in [0.5, 0.6) is 0 Å². The average Bonchev–Trinajstić information content (AvgIpc) is 4.27. The van der Waals surface area contributed by atoms with E-state index in [1.54, 1.807) is 0 Å². The van der Waals surface area contributed by atoms with Gasteiger partial charge in [-0.15, -0.1) is 0 Å². The van der Waals surface area contributed by atoms with E-state index in [1.807, 2.05) is 97.1 Å². The van der Waals surface area contributed by atoms with Gasteiger partial charge in [0, 0.05) is 90.8 Å². The van der Waals surface area contributed by atoms with Gasteiger partial charge in [0.15, 0.2) is 0 Å². The van der Waals surface area contributed by atoms with E-state index < -0.39 is 0 Å². The van der Waals surface area contributed by atoms with E-state index in [-0.39, 0.29) is 34.4 Å². The van der Waals surface area contributed by atoms with Gasteiger partial charge >= 0.3 is 79.6 Å². The predicted molar refractivity (Wildman–Crippen MR) is 276 cm³/mol. The van der Waals surface area contributed by atoms with Crippen LogP contribution in [0.2, 0.25) is 20.1 Å². The third kappa shape index (κ3) is 15.8. The first-order chi connectivity index (χ1) is 34.4. The van der Waals surface area contributed by atoms with Crippen molar-refractivity contribution in [1.29, 1.82) is 0 Å². The van der Waals surface area contributed by atoms with Crippen LogP contribution in [0.3, 0.4) is 0 Å². The quantitative estimate of drug-likeness (QED) is 0.102. The van der Waals surface area contributed by atoms with Crippen molar-refractivity contribution in [1.82, 2.24) is 19.9 Å². The number of aromatic amines is 2. The molecule has 72 heavy (non-hydrogen) atoms. The van der Waals surface area contributed by atoms with Gasteiger partial charge in [-0.1, -0.05) is 94.9 Å². The van der Waals surface area contributed by atoms with Gasteiger partial charge in [-0.3, -0.25) is 0 Å². The number of aromatic nitrogens is 4. The summed E-state index contributed by atoms with van der Waals surface area (Å²) in [6.45, 7) is 22.0. The second-order valence-electron chi connectivity index (χ2n) is 15.2. The van der Waals surface area contributed by atoms with Gasteiger partial charge in [0.1, 0.15) is 0 Å². The van der Waals surface area contributed by atoms with Gasteiger partial charge in [-0.05, 0) is 145 Å². The number of nitrogens with one attached hydrogen (secondary N) is 2. The van der Waals surface area contributed by atoms with Crippen molar-refractivity contribution in [2.75, 3.05) is 26.4 Å². The fraction of sp³-hybridized carbons (Fsp3) is 0.143. The molecule has 4 aliphatic heterocycles. The number of hydrogen-bond donors (Lipinski definition) is 2. The number of halogens is 4. The molecule has 11 rings (SSSR count). The zero-order valence-corrected chi connectivity index (χ0v) is 43.6. The van der Waals surface area contributed by atoms with Gasteiger partial charge < -0.3 is 19.4 Å². The molecule has 358 valence electrons. The molecule has 2 saturated heterocycles. The van der Waals surface area contributed by atoms with Crippen LogP contribution in [-0.2, 0) is 62.5 Å². The number of benzene rings is 4. The first kappa shape index (κ1) is 60.9. The second-order valence-corrected chi connectivity index (χ2v) is 16.9. The molecule has 10 nitrogen and oxygen atoms in total. The molecule has 7 aromatic rings. The van der Waals surface area contributed by atoms with Crippen molar-refractivity contribution in [3.05, 3.63) is 191 Å². The topological polar surface area (TPSA) is 155 Å². The molecule has 7 heterocycles. The normalized spacial score (nSPS) is 12.2. The molecule has 2 fully saturated rings. The van der Waals surface area contributed by atoms with E-state index in [0.29, 0.717) is 20.1 Å². The van der Waals surface area contributed by atoms with E-state index in [0.717, 1.165) is 116 Å². The minimum Gasteiger partial charge on any atom is 2.00 e. The van der Waals surface area contributed by atoms with Crippen molar-refractivity contribution in [2.24, 2.45) is 0 Å². The molecule has 4 aromatic carbocycles. The Bertz CT molecular complexity index is 2740. The summed E-state index contributed by atoms with van der Waals surface area (Å²) < 4.78 is 39.9. The summed E-state index contributed by atoms with van der Waals surface area (Å²) in [4.78, 5) is 18.1. The van der Waals surface area contributed by atoms with Crippen LogP contribution in [0.1, 0.15) is 48.5 Å². The van der Waals surface area contributed by atoms with Crippen LogP contribution in [0, 0.1) is 26.6 Å². The van der Waals surface area contributed by atoms with E-state index >= 15 is 0 Å². The molecular formula is C56H42Cl4CrMnN4O6+5. The Hall–Kier alpha value is -5.43. The molecule has 0 atom stereocenters. The molecule has 0 spiro atoms. The molecule has 0 saturated carbocycles. The maximum atomic E-state index is 7.50. The van der Waals surface area contributed by atoms with Gasteiger partial charge in [0.25, 0.3) is 0 Å². The van der Waals surface area contributed by atoms with Crippen molar-refractivity contribution in [3.8, 4) is 44.5 Å². The molecule has 0 unspecified atom stereocenters. The van der Waals surface area contributed by atoms with Gasteiger partial charge in [-0.25, -0.2) is 9.97 Å². The van der Waals surface area contributed by atoms with Crippen molar-refractivity contribution in [3.63, 3.8) is 0 Å². The Morgan fingerprint density at radius 1 is 0.347 bits per heavy atom. The Kier molecular flexibility index (Phi) is 27.0. The van der Waals surface area contributed by atoms with Crippen molar-refractivity contribution >= 4 is 92.8 Å². The molecule has 4 aliphatic rings. The van der Waals surface area contributed by atoms with Crippen LogP contribution >= 0.6 is 46.4 Å². The summed E-state index contributed by atoms with van der Waals surface area (Å²) in [6, 6.07) is 39.8. The molecule has 8 bridgehead atoms. The molecule has 0 aliphatic carbocycles. The number of fused-ring (bicyclic) bond motifs is 8. The van der Waals surface area contributed by atoms with Gasteiger partial charge in [-0.2, -0.15) is 0 Å². The van der Waals surface area contributed by atoms with Crippen molar-refractivity contribution in [2.45, 2.75) is 25.7 Å². The second kappa shape index (κ2) is 31.9. The summed E-state index contributed by atoms with van der Waals surface area (Å²) in [7, 11) is 0. The maximum Gasteiger partial charge on any atom is 3.00 e. The Morgan fingerprint density at radius 2 is 0.542 bits per heavy atom. The van der Waals surface area contributed by atoms with E-state index in [2.05, 4.69) is 85.1 Å². The number of hydrogen-bond acceptors (Lipinski definition) is 4. The molecular weight excluding hydrogens is 1070 g/mol. The van der Waals surface area contributed by atoms with E-state index in [9.17, 15) is 0 Å². The minimum absolute atomic E-state index is 0. The van der Waals surface area contributed by atoms with Crippen LogP contribution < -0.4 is 0 Å². The number of ether oxygens (including phenoxy) is 2. The Balaban J connectivity index is 0.000000593. The molecule has 2 N–H and O–H groups in total. The summed E-state index contributed by atoms with van der Waals surface area (Å²) >= 11 is 25.5. The number of rotatable bonds is 4. The first-order valence-electron chi connectivity index (χ1n) is 21.5. The fourth-order valence-corrected chi connectivity index (χ4v) is 8.41. The van der Waals surface area contributed by atoms with Crippen LogP contribution in [-0.4, -0.2) is 46.4 Å². The third-order valence-electron chi connectivity index (χ3n) is 10.9. The SMILES string of the molecule is C1CCOC1.C1CCOC1.Clc1ccc(-c2c3nc(c(-c4ccc(Cl)cc4)c4ccc([nH]4)c(-c4ccc(Cl)cc4)c4nc(c(-c5ccc(Cl)cc5)c5ccc2[nH]5)C=C4)C=C3)cc1.[C-]#[O+].[C-]#[O+].[C-]#[O+].[C-]#[O+].[Cr+3].[Mn+2]. The monoisotopic (exact) mass is 1110 g/mol. The standard InChI is InChI=1S/C44H26Cl4N4.2C4H8O.4CO.Cr.Mn/c45-29-9-1-25(2-10-29)41-33-17-19-35(49-33)42(26-3-11-30(46)12-4-26)37-21-23-39(51-37)44(28-7-15-32(48)16-8-28)40-24-22-38(52-40)43(36-20-18-34(41)50-36)27-5-13-31(47)14-6-27;2*1-2-4-5-3-1;4*1-2;;/h1-24,49,52H;2*1-4H2;;;;;;/q;;;;;;;+3;+2. The Morgan fingerprint density at radius 3 is 0.708 bits per heavy atom. The zero-order chi connectivity index (χ0) is 50.4. The molecule has 16 heteroatoms. The summed E-state index contributed by atoms with van der Waals surface area (Å²) in [5, 5.41) is 2.64. The van der Waals surface area contributed by atoms with E-state index in [1.165, 1.54) is 25.7 Å². The average molecular weight is 1120 g/mol. The fourth-order valence-electron chi connectivity index (χ4n) is 7.91. The minimum atomic E-state index is 0. The van der Waals surface area contributed by atoms with Crippen molar-refractivity contribution < 1.29 is 62.5 Å². The van der Waals surface area contributed by atoms with Gasteiger partial charge in [0.2, 0.25) is 0 Å². The smallest absolute Gasteiger partial charge is 2.00 e. The Labute approximate surface area is 459 Å². The van der Waals surface area contributed by atoms with Gasteiger partial charge in [0.05, 0.1) is 22.8 Å². The third-order valence-corrected chi connectivity index (χ3v) is 11.9. The van der Waals surface area contributed by atoms with Crippen LogP contribution in [0.15, 0.2) is 121 Å². The summed E-state index contributed by atoms with van der Waals surface area (Å²) in [5.74, 6) is 0. The van der Waals surface area contributed by atoms with Crippen LogP contribution in [0.25, 0.3) is 90.9 Å². The largest absolute Gasteiger partial charge is 3.00 e. The number of H-pyrrole nitrogens is 2. The van der Waals surface area contributed by atoms with E-state index in [4.69, 9.17) is 84.5 Å². The first-order valence-corrected chi connectivity index (χ1v) is 23.1. The predicted octanol–water partition coefficient (Wildman–Crippen LogP) is 15.4. The molecule has 0 amide bonds.